The van der Waals surface area contributed by atoms with Gasteiger partial charge in [-0.2, -0.15) is 0 Å². The van der Waals surface area contributed by atoms with Crippen molar-refractivity contribution in [2.75, 3.05) is 19.6 Å². The zero-order valence-corrected chi connectivity index (χ0v) is 22.5. The van der Waals surface area contributed by atoms with Gasteiger partial charge in [0.05, 0.1) is 0 Å². The Morgan fingerprint density at radius 2 is 1.78 bits per heavy atom. The van der Waals surface area contributed by atoms with Gasteiger partial charge in [0.15, 0.2) is 0 Å². The van der Waals surface area contributed by atoms with Crippen molar-refractivity contribution in [2.45, 2.75) is 106 Å². The Bertz CT molecular complexity index is 684. The highest BCUT2D eigenvalue weighted by Crippen LogP contribution is 2.32. The van der Waals surface area contributed by atoms with Gasteiger partial charge in [-0.3, -0.25) is 0 Å². The first-order chi connectivity index (χ1) is 15.5. The second-order valence-corrected chi connectivity index (χ2v) is 9.40. The lowest BCUT2D eigenvalue weighted by molar-refractivity contribution is 0.168. The molecule has 0 aliphatic carbocycles. The van der Waals surface area contributed by atoms with Gasteiger partial charge >= 0.3 is 0 Å². The molecule has 1 heterocycles. The lowest BCUT2D eigenvalue weighted by Crippen LogP contribution is -2.41. The molecule has 2 rings (SSSR count). The molecule has 0 aromatic heterocycles. The lowest BCUT2D eigenvalue weighted by Gasteiger charge is -2.37. The summed E-state index contributed by atoms with van der Waals surface area (Å²) in [5.41, 5.74) is 6.19. The number of nitrogens with one attached hydrogen (secondary N) is 1. The van der Waals surface area contributed by atoms with Crippen molar-refractivity contribution in [1.29, 1.82) is 0 Å². The summed E-state index contributed by atoms with van der Waals surface area (Å²) in [5, 5.41) is 3.83. The van der Waals surface area contributed by atoms with Crippen molar-refractivity contribution in [1.82, 2.24) is 10.2 Å². The first-order valence-corrected chi connectivity index (χ1v) is 13.3. The predicted molar refractivity (Wildman–Crippen MR) is 144 cm³/mol. The average molecular weight is 441 g/mol. The van der Waals surface area contributed by atoms with Crippen LogP contribution < -0.4 is 5.32 Å². The zero-order chi connectivity index (χ0) is 23.9. The predicted octanol–water partition coefficient (Wildman–Crippen LogP) is 8.11. The molecule has 1 aromatic rings. The van der Waals surface area contributed by atoms with Crippen molar-refractivity contribution in [3.05, 3.63) is 58.7 Å². The molecule has 0 amide bonds. The number of fused-ring (bicyclic) bond motifs is 1. The van der Waals surface area contributed by atoms with Crippen LogP contribution in [-0.2, 0) is 6.42 Å². The van der Waals surface area contributed by atoms with Crippen LogP contribution in [0, 0.1) is 5.92 Å². The molecule has 1 aromatic carbocycles. The van der Waals surface area contributed by atoms with E-state index >= 15 is 0 Å². The fraction of sp³-hybridized carbons (Fsp3) is 0.667. The summed E-state index contributed by atoms with van der Waals surface area (Å²) >= 11 is 0. The van der Waals surface area contributed by atoms with Crippen LogP contribution in [0.15, 0.2) is 47.6 Å². The van der Waals surface area contributed by atoms with Gasteiger partial charge in [-0.1, -0.05) is 96.4 Å². The normalized spacial score (nSPS) is 18.6. The van der Waals surface area contributed by atoms with Crippen LogP contribution in [0.2, 0.25) is 0 Å². The first kappa shape index (κ1) is 28.7. The van der Waals surface area contributed by atoms with E-state index in [9.17, 15) is 0 Å². The van der Waals surface area contributed by atoms with Crippen molar-refractivity contribution in [2.24, 2.45) is 5.92 Å². The van der Waals surface area contributed by atoms with Crippen molar-refractivity contribution in [3.8, 4) is 0 Å². The van der Waals surface area contributed by atoms with E-state index in [1.807, 2.05) is 0 Å². The minimum atomic E-state index is 0.476. The van der Waals surface area contributed by atoms with E-state index in [1.165, 1.54) is 43.2 Å². The van der Waals surface area contributed by atoms with Crippen LogP contribution in [0.25, 0.3) is 0 Å². The molecule has 2 heteroatoms. The molecule has 0 spiro atoms. The highest BCUT2D eigenvalue weighted by molar-refractivity contribution is 5.32. The van der Waals surface area contributed by atoms with Crippen LogP contribution in [0.5, 0.6) is 0 Å². The second-order valence-electron chi connectivity index (χ2n) is 9.40. The van der Waals surface area contributed by atoms with E-state index in [0.717, 1.165) is 26.1 Å². The molecule has 0 saturated heterocycles. The van der Waals surface area contributed by atoms with Crippen LogP contribution in [-0.4, -0.2) is 30.6 Å². The molecular weight excluding hydrogens is 388 g/mol. The van der Waals surface area contributed by atoms with Gasteiger partial charge in [0.2, 0.25) is 0 Å². The Morgan fingerprint density at radius 3 is 2.38 bits per heavy atom. The number of benzene rings is 1. The second kappa shape index (κ2) is 16.3. The summed E-state index contributed by atoms with van der Waals surface area (Å²) in [6.07, 6.45) is 11.8. The summed E-state index contributed by atoms with van der Waals surface area (Å²) in [5.74, 6) is 0.585. The van der Waals surface area contributed by atoms with E-state index in [0.29, 0.717) is 18.0 Å². The molecule has 3 unspecified atom stereocenters. The fourth-order valence-corrected chi connectivity index (χ4v) is 5.17. The van der Waals surface area contributed by atoms with E-state index in [4.69, 9.17) is 0 Å². The van der Waals surface area contributed by atoms with E-state index < -0.39 is 0 Å². The molecule has 1 aliphatic heterocycles. The van der Waals surface area contributed by atoms with Crippen LogP contribution in [0.4, 0.5) is 0 Å². The summed E-state index contributed by atoms with van der Waals surface area (Å²) in [6, 6.07) is 10.1. The molecule has 0 radical (unpaired) electrons. The Morgan fingerprint density at radius 1 is 1.12 bits per heavy atom. The van der Waals surface area contributed by atoms with Gasteiger partial charge in [-0.15, -0.1) is 0 Å². The number of allylic oxidation sites excluding steroid dienone is 4. The molecule has 1 aliphatic rings. The SMILES string of the molecule is C/C=C\C(=C(/C)CCC)C(C)CC(CC1NCCc2ccccc21)N(CC)CC.CCC. The highest BCUT2D eigenvalue weighted by atomic mass is 15.1. The molecular formula is C30H52N2. The van der Waals surface area contributed by atoms with Gasteiger partial charge < -0.3 is 10.2 Å². The van der Waals surface area contributed by atoms with E-state index in [1.54, 1.807) is 11.1 Å². The molecule has 2 nitrogen and oxygen atoms in total. The summed E-state index contributed by atoms with van der Waals surface area (Å²) in [6.45, 7) is 21.4. The molecule has 0 bridgehead atoms. The standard InChI is InChI=1S/C27H44N2.C3H8/c1-7-13-21(5)25(14-8-2)22(6)19-24(29(9-3)10-4)20-27-26-16-12-11-15-23(26)17-18-28-27;1-3-2/h8,11-12,14-16,22,24,27-28H,7,9-10,13,17-20H2,1-6H3;3H2,1-2H3/b14-8-,25-21-;. The number of nitrogens with zero attached hydrogens (tertiary/aromatic N) is 1. The van der Waals surface area contributed by atoms with Crippen LogP contribution >= 0.6 is 0 Å². The Labute approximate surface area is 200 Å². The topological polar surface area (TPSA) is 15.3 Å². The molecule has 32 heavy (non-hydrogen) atoms. The number of hydrogen-bond acceptors (Lipinski definition) is 2. The molecule has 1 N–H and O–H groups in total. The zero-order valence-electron chi connectivity index (χ0n) is 22.5. The Hall–Kier alpha value is -1.38. The minimum Gasteiger partial charge on any atom is -0.310 e. The minimum absolute atomic E-state index is 0.476. The fourth-order valence-electron chi connectivity index (χ4n) is 5.17. The van der Waals surface area contributed by atoms with Gasteiger partial charge in [-0.05, 0) is 81.8 Å². The summed E-state index contributed by atoms with van der Waals surface area (Å²) in [7, 11) is 0. The maximum atomic E-state index is 3.83. The van der Waals surface area contributed by atoms with E-state index in [2.05, 4.69) is 102 Å². The molecule has 3 atom stereocenters. The summed E-state index contributed by atoms with van der Waals surface area (Å²) in [4.78, 5) is 2.68. The maximum Gasteiger partial charge on any atom is 0.0337 e. The number of rotatable bonds is 11. The molecule has 0 fully saturated rings. The third-order valence-electron chi connectivity index (χ3n) is 6.67. The highest BCUT2D eigenvalue weighted by Gasteiger charge is 2.27. The third-order valence-corrected chi connectivity index (χ3v) is 6.67. The maximum absolute atomic E-state index is 3.83. The molecule has 0 saturated carbocycles. The third kappa shape index (κ3) is 8.87. The van der Waals surface area contributed by atoms with Crippen LogP contribution in [0.1, 0.15) is 105 Å². The van der Waals surface area contributed by atoms with Crippen molar-refractivity contribution in [3.63, 3.8) is 0 Å². The lowest BCUT2D eigenvalue weighted by atomic mass is 9.84. The largest absolute Gasteiger partial charge is 0.310 e. The molecule has 182 valence electrons. The van der Waals surface area contributed by atoms with E-state index in [-0.39, 0.29) is 0 Å². The first-order valence-electron chi connectivity index (χ1n) is 13.3. The smallest absolute Gasteiger partial charge is 0.0337 e. The Balaban J connectivity index is 0.00000161. The number of hydrogen-bond donors (Lipinski definition) is 1. The van der Waals surface area contributed by atoms with Gasteiger partial charge in [0.25, 0.3) is 0 Å². The Kier molecular flexibility index (Phi) is 14.6. The summed E-state index contributed by atoms with van der Waals surface area (Å²) < 4.78 is 0. The van der Waals surface area contributed by atoms with Crippen LogP contribution in [0.3, 0.4) is 0 Å². The van der Waals surface area contributed by atoms with Gasteiger partial charge in [0.1, 0.15) is 0 Å². The van der Waals surface area contributed by atoms with Crippen molar-refractivity contribution < 1.29 is 0 Å². The van der Waals surface area contributed by atoms with Gasteiger partial charge in [-0.25, -0.2) is 0 Å². The quantitative estimate of drug-likeness (QED) is 0.350. The monoisotopic (exact) mass is 440 g/mol. The van der Waals surface area contributed by atoms with Crippen molar-refractivity contribution >= 4 is 0 Å². The van der Waals surface area contributed by atoms with Gasteiger partial charge in [0, 0.05) is 12.1 Å². The average Bonchev–Trinajstić information content (AvgIpc) is 2.79.